The summed E-state index contributed by atoms with van der Waals surface area (Å²) in [6.45, 7) is 2.62. The molecule has 0 heterocycles. The molecule has 1 N–H and O–H groups in total. The molecule has 0 spiro atoms. The molecule has 0 saturated carbocycles. The summed E-state index contributed by atoms with van der Waals surface area (Å²) in [6.07, 6.45) is 1.04. The van der Waals surface area contributed by atoms with Crippen LogP contribution in [0.25, 0.3) is 0 Å². The van der Waals surface area contributed by atoms with Gasteiger partial charge in [-0.1, -0.05) is 19.1 Å². The van der Waals surface area contributed by atoms with Gasteiger partial charge in [-0.25, -0.2) is 0 Å². The molecular weight excluding hydrogens is 222 g/mol. The van der Waals surface area contributed by atoms with Crippen molar-refractivity contribution in [2.24, 2.45) is 0 Å². The van der Waals surface area contributed by atoms with Gasteiger partial charge in [0.2, 0.25) is 6.29 Å². The van der Waals surface area contributed by atoms with Crippen molar-refractivity contribution in [3.8, 4) is 0 Å². The van der Waals surface area contributed by atoms with Gasteiger partial charge in [0, 0.05) is 11.4 Å². The number of carbonyl (C=O) groups is 2. The van der Waals surface area contributed by atoms with Gasteiger partial charge in [-0.3, -0.25) is 9.59 Å². The summed E-state index contributed by atoms with van der Waals surface area (Å²) in [5.41, 5.74) is 1.16. The van der Waals surface area contributed by atoms with Crippen LogP contribution in [0.4, 0.5) is 0 Å². The van der Waals surface area contributed by atoms with Crippen molar-refractivity contribution in [1.29, 1.82) is 0 Å². The van der Waals surface area contributed by atoms with Crippen LogP contribution in [-0.2, 0) is 16.0 Å². The highest BCUT2D eigenvalue weighted by atomic mass is 32.2. The third-order valence-electron chi connectivity index (χ3n) is 2.05. The topological polar surface area (TPSA) is 46.2 Å². The first kappa shape index (κ1) is 12.8. The average molecular weight is 237 g/mol. The fourth-order valence-corrected chi connectivity index (χ4v) is 1.95. The number of rotatable bonds is 6. The number of nitrogens with one attached hydrogen (secondary N) is 1. The van der Waals surface area contributed by atoms with Crippen molar-refractivity contribution in [1.82, 2.24) is 5.32 Å². The van der Waals surface area contributed by atoms with E-state index < -0.39 is 5.91 Å². The normalized spacial score (nSPS) is 9.81. The summed E-state index contributed by atoms with van der Waals surface area (Å²) >= 11 is 1.80. The van der Waals surface area contributed by atoms with E-state index in [0.29, 0.717) is 12.8 Å². The van der Waals surface area contributed by atoms with Crippen molar-refractivity contribution in [3.05, 3.63) is 29.8 Å². The zero-order valence-electron chi connectivity index (χ0n) is 9.23. The quantitative estimate of drug-likeness (QED) is 0.465. The van der Waals surface area contributed by atoms with E-state index in [1.165, 1.54) is 4.90 Å². The Morgan fingerprint density at radius 3 is 2.62 bits per heavy atom. The van der Waals surface area contributed by atoms with Gasteiger partial charge in [0.15, 0.2) is 0 Å². The maximum absolute atomic E-state index is 10.7. The maximum Gasteiger partial charge on any atom is 0.284 e. The molecule has 1 rings (SSSR count). The second-order valence-corrected chi connectivity index (χ2v) is 4.57. The summed E-state index contributed by atoms with van der Waals surface area (Å²) in [6, 6.07) is 8.24. The lowest BCUT2D eigenvalue weighted by molar-refractivity contribution is -0.131. The minimum absolute atomic E-state index is 0.293. The van der Waals surface area contributed by atoms with Crippen LogP contribution in [0.1, 0.15) is 12.5 Å². The second kappa shape index (κ2) is 7.06. The van der Waals surface area contributed by atoms with E-state index >= 15 is 0 Å². The van der Waals surface area contributed by atoms with E-state index in [1.54, 1.807) is 11.8 Å². The Bertz CT molecular complexity index is 349. The van der Waals surface area contributed by atoms with Crippen LogP contribution in [0.2, 0.25) is 0 Å². The van der Waals surface area contributed by atoms with Crippen LogP contribution in [0.15, 0.2) is 29.2 Å². The Morgan fingerprint density at radius 1 is 1.38 bits per heavy atom. The van der Waals surface area contributed by atoms with Gasteiger partial charge in [-0.15, -0.1) is 11.8 Å². The number of aldehydes is 1. The number of amides is 1. The molecule has 0 aliphatic carbocycles. The van der Waals surface area contributed by atoms with Gasteiger partial charge in [0.1, 0.15) is 0 Å². The van der Waals surface area contributed by atoms with Crippen molar-refractivity contribution < 1.29 is 9.59 Å². The Balaban J connectivity index is 2.37. The van der Waals surface area contributed by atoms with E-state index in [1.807, 2.05) is 12.1 Å². The van der Waals surface area contributed by atoms with Crippen LogP contribution < -0.4 is 5.32 Å². The summed E-state index contributed by atoms with van der Waals surface area (Å²) in [4.78, 5) is 22.0. The van der Waals surface area contributed by atoms with Crippen LogP contribution >= 0.6 is 11.8 Å². The maximum atomic E-state index is 10.7. The molecule has 0 radical (unpaired) electrons. The molecule has 16 heavy (non-hydrogen) atoms. The Labute approximate surface area is 99.6 Å². The molecule has 0 aliphatic rings. The fourth-order valence-electron chi connectivity index (χ4n) is 1.29. The molecule has 0 aliphatic heterocycles. The first-order valence-electron chi connectivity index (χ1n) is 5.21. The fraction of sp³-hybridized carbons (Fsp3) is 0.333. The number of hydrogen-bond acceptors (Lipinski definition) is 3. The number of thioether (sulfide) groups is 1. The SMILES string of the molecule is CCSc1ccc(CCNC(=O)C=O)cc1. The van der Waals surface area contributed by atoms with Gasteiger partial charge in [0.05, 0.1) is 0 Å². The Hall–Kier alpha value is -1.29. The van der Waals surface area contributed by atoms with Crippen molar-refractivity contribution in [3.63, 3.8) is 0 Å². The summed E-state index contributed by atoms with van der Waals surface area (Å²) in [7, 11) is 0. The van der Waals surface area contributed by atoms with E-state index in [2.05, 4.69) is 24.4 Å². The minimum atomic E-state index is -0.557. The van der Waals surface area contributed by atoms with Crippen molar-refractivity contribution in [2.75, 3.05) is 12.3 Å². The predicted octanol–water partition coefficient (Wildman–Crippen LogP) is 1.66. The second-order valence-electron chi connectivity index (χ2n) is 3.24. The monoisotopic (exact) mass is 237 g/mol. The summed E-state index contributed by atoms with van der Waals surface area (Å²) < 4.78 is 0. The zero-order chi connectivity index (χ0) is 11.8. The van der Waals surface area contributed by atoms with Gasteiger partial charge in [0.25, 0.3) is 5.91 Å². The molecule has 0 bridgehead atoms. The van der Waals surface area contributed by atoms with Gasteiger partial charge in [-0.2, -0.15) is 0 Å². The lowest BCUT2D eigenvalue weighted by Crippen LogP contribution is -2.26. The molecule has 1 aromatic rings. The Morgan fingerprint density at radius 2 is 2.06 bits per heavy atom. The summed E-state index contributed by atoms with van der Waals surface area (Å²) in [5, 5.41) is 2.51. The molecule has 0 saturated heterocycles. The lowest BCUT2D eigenvalue weighted by Gasteiger charge is -2.03. The molecule has 0 atom stereocenters. The van der Waals surface area contributed by atoms with E-state index in [9.17, 15) is 9.59 Å². The predicted molar refractivity (Wildman–Crippen MR) is 65.6 cm³/mol. The van der Waals surface area contributed by atoms with Crippen LogP contribution in [0, 0.1) is 0 Å². The largest absolute Gasteiger partial charge is 0.349 e. The van der Waals surface area contributed by atoms with Gasteiger partial charge in [-0.05, 0) is 29.9 Å². The first-order chi connectivity index (χ1) is 7.76. The van der Waals surface area contributed by atoms with E-state index in [0.717, 1.165) is 17.7 Å². The van der Waals surface area contributed by atoms with Crippen LogP contribution in [0.5, 0.6) is 0 Å². The van der Waals surface area contributed by atoms with E-state index in [-0.39, 0.29) is 0 Å². The number of carbonyl (C=O) groups excluding carboxylic acids is 2. The molecule has 4 heteroatoms. The molecule has 1 aromatic carbocycles. The van der Waals surface area contributed by atoms with Crippen LogP contribution in [0.3, 0.4) is 0 Å². The van der Waals surface area contributed by atoms with Crippen LogP contribution in [-0.4, -0.2) is 24.5 Å². The molecule has 0 fully saturated rings. The molecule has 1 amide bonds. The van der Waals surface area contributed by atoms with Gasteiger partial charge >= 0.3 is 0 Å². The highest BCUT2D eigenvalue weighted by Gasteiger charge is 1.98. The van der Waals surface area contributed by atoms with Gasteiger partial charge < -0.3 is 5.32 Å². The molecule has 86 valence electrons. The molecular formula is C12H15NO2S. The number of hydrogen-bond donors (Lipinski definition) is 1. The molecule has 3 nitrogen and oxygen atoms in total. The van der Waals surface area contributed by atoms with E-state index in [4.69, 9.17) is 0 Å². The zero-order valence-corrected chi connectivity index (χ0v) is 10.0. The third kappa shape index (κ3) is 4.49. The average Bonchev–Trinajstić information content (AvgIpc) is 2.31. The van der Waals surface area contributed by atoms with Crippen molar-refractivity contribution in [2.45, 2.75) is 18.2 Å². The highest BCUT2D eigenvalue weighted by molar-refractivity contribution is 7.99. The van der Waals surface area contributed by atoms with Crippen molar-refractivity contribution >= 4 is 24.0 Å². The third-order valence-corrected chi connectivity index (χ3v) is 2.95. The summed E-state index contributed by atoms with van der Waals surface area (Å²) in [5.74, 6) is 0.507. The smallest absolute Gasteiger partial charge is 0.284 e. The standard InChI is InChI=1S/C12H15NO2S/c1-2-16-11-5-3-10(4-6-11)7-8-13-12(15)9-14/h3-6,9H,2,7-8H2,1H3,(H,13,15). The first-order valence-corrected chi connectivity index (χ1v) is 6.19. The number of benzene rings is 1. The Kier molecular flexibility index (Phi) is 5.64. The molecule has 0 aromatic heterocycles. The highest BCUT2D eigenvalue weighted by Crippen LogP contribution is 2.17. The minimum Gasteiger partial charge on any atom is -0.349 e. The molecule has 0 unspecified atom stereocenters. The lowest BCUT2D eigenvalue weighted by atomic mass is 10.1.